The number of amides is 4. The van der Waals surface area contributed by atoms with Gasteiger partial charge in [0.2, 0.25) is 5.91 Å². The predicted molar refractivity (Wildman–Crippen MR) is 95.2 cm³/mol. The van der Waals surface area contributed by atoms with Gasteiger partial charge in [-0.2, -0.15) is 5.10 Å². The van der Waals surface area contributed by atoms with Crippen LogP contribution in [0.15, 0.2) is 30.3 Å². The van der Waals surface area contributed by atoms with Gasteiger partial charge in [-0.3, -0.25) is 19.2 Å². The van der Waals surface area contributed by atoms with Crippen LogP contribution in [0.1, 0.15) is 24.6 Å². The second-order valence-corrected chi connectivity index (χ2v) is 6.43. The molecule has 1 atom stereocenters. The van der Waals surface area contributed by atoms with Crippen molar-refractivity contribution in [3.8, 4) is 0 Å². The summed E-state index contributed by atoms with van der Waals surface area (Å²) in [5.41, 5.74) is -0.118. The van der Waals surface area contributed by atoms with E-state index >= 15 is 0 Å². The van der Waals surface area contributed by atoms with Crippen molar-refractivity contribution in [3.05, 3.63) is 47.4 Å². The molecule has 142 valence electrons. The van der Waals surface area contributed by atoms with E-state index in [4.69, 9.17) is 0 Å². The minimum Gasteiger partial charge on any atom is -0.319 e. The highest BCUT2D eigenvalue weighted by atomic mass is 19.1. The highest BCUT2D eigenvalue weighted by Gasteiger charge is 2.51. The summed E-state index contributed by atoms with van der Waals surface area (Å²) in [5.74, 6) is -1.04. The molecule has 1 aromatic carbocycles. The second-order valence-electron chi connectivity index (χ2n) is 6.43. The Kier molecular flexibility index (Phi) is 4.69. The van der Waals surface area contributed by atoms with E-state index in [9.17, 15) is 18.8 Å². The zero-order valence-electron chi connectivity index (χ0n) is 15.2. The molecule has 1 aliphatic rings. The summed E-state index contributed by atoms with van der Waals surface area (Å²) in [4.78, 5) is 38.5. The molecule has 1 saturated heterocycles. The highest BCUT2D eigenvalue weighted by molar-refractivity contribution is 6.10. The molecular weight excluding hydrogens is 353 g/mol. The monoisotopic (exact) mass is 373 g/mol. The van der Waals surface area contributed by atoms with Crippen LogP contribution >= 0.6 is 0 Å². The van der Waals surface area contributed by atoms with Gasteiger partial charge in [0.1, 0.15) is 23.7 Å². The first kappa shape index (κ1) is 18.6. The molecule has 1 aromatic heterocycles. The van der Waals surface area contributed by atoms with Crippen LogP contribution in [-0.4, -0.2) is 39.1 Å². The number of imide groups is 1. The number of carbonyl (C=O) groups excluding carboxylic acids is 3. The lowest BCUT2D eigenvalue weighted by Crippen LogP contribution is -2.44. The summed E-state index contributed by atoms with van der Waals surface area (Å²) in [6, 6.07) is 6.39. The molecular formula is C18H20FN5O3. The molecule has 2 heterocycles. The maximum absolute atomic E-state index is 13.2. The normalized spacial score (nSPS) is 19.3. The highest BCUT2D eigenvalue weighted by Crippen LogP contribution is 2.32. The third-order valence-corrected chi connectivity index (χ3v) is 4.61. The van der Waals surface area contributed by atoms with E-state index in [2.05, 4.69) is 15.7 Å². The van der Waals surface area contributed by atoms with E-state index in [0.29, 0.717) is 11.4 Å². The third-order valence-electron chi connectivity index (χ3n) is 4.61. The topological polar surface area (TPSA) is 96.3 Å². The number of urea groups is 1. The SMILES string of the molecule is CCC1(c2ccc(F)cc2)NC(=O)N(CC(=O)Nc2cc(C)nn2C)C1=O. The summed E-state index contributed by atoms with van der Waals surface area (Å²) in [5, 5.41) is 9.40. The van der Waals surface area contributed by atoms with Crippen molar-refractivity contribution in [2.45, 2.75) is 25.8 Å². The standard InChI is InChI=1S/C18H20FN5O3/c1-4-18(12-5-7-13(19)8-6-12)16(26)24(17(27)21-18)10-15(25)20-14-9-11(2)22-23(14)3/h5-9H,4,10H2,1-3H3,(H,20,25)(H,21,27). The van der Waals surface area contributed by atoms with Crippen molar-refractivity contribution < 1.29 is 18.8 Å². The van der Waals surface area contributed by atoms with E-state index in [-0.39, 0.29) is 6.42 Å². The molecule has 0 aliphatic carbocycles. The van der Waals surface area contributed by atoms with Gasteiger partial charge < -0.3 is 10.6 Å². The van der Waals surface area contributed by atoms with Crippen molar-refractivity contribution in [1.82, 2.24) is 20.0 Å². The van der Waals surface area contributed by atoms with Crippen LogP contribution in [-0.2, 0) is 22.2 Å². The van der Waals surface area contributed by atoms with E-state index in [1.165, 1.54) is 28.9 Å². The summed E-state index contributed by atoms with van der Waals surface area (Å²) < 4.78 is 14.7. The van der Waals surface area contributed by atoms with Crippen molar-refractivity contribution in [2.75, 3.05) is 11.9 Å². The Morgan fingerprint density at radius 2 is 1.96 bits per heavy atom. The van der Waals surface area contributed by atoms with E-state index in [1.54, 1.807) is 27.0 Å². The molecule has 0 saturated carbocycles. The molecule has 1 unspecified atom stereocenters. The van der Waals surface area contributed by atoms with Gasteiger partial charge in [-0.15, -0.1) is 0 Å². The van der Waals surface area contributed by atoms with Gasteiger partial charge in [-0.1, -0.05) is 19.1 Å². The molecule has 2 N–H and O–H groups in total. The molecule has 1 fully saturated rings. The quantitative estimate of drug-likeness (QED) is 0.779. The molecule has 27 heavy (non-hydrogen) atoms. The molecule has 2 aromatic rings. The lowest BCUT2D eigenvalue weighted by molar-refractivity contribution is -0.134. The van der Waals surface area contributed by atoms with Crippen molar-refractivity contribution in [1.29, 1.82) is 0 Å². The maximum atomic E-state index is 13.2. The fraction of sp³-hybridized carbons (Fsp3) is 0.333. The number of anilines is 1. The van der Waals surface area contributed by atoms with Gasteiger partial charge in [-0.05, 0) is 31.0 Å². The zero-order valence-corrected chi connectivity index (χ0v) is 15.2. The van der Waals surface area contributed by atoms with E-state index in [1.807, 2.05) is 0 Å². The number of nitrogens with zero attached hydrogens (tertiary/aromatic N) is 3. The average molecular weight is 373 g/mol. The van der Waals surface area contributed by atoms with Crippen LogP contribution < -0.4 is 10.6 Å². The third kappa shape index (κ3) is 3.27. The second kappa shape index (κ2) is 6.82. The largest absolute Gasteiger partial charge is 0.325 e. The molecule has 1 aliphatic heterocycles. The smallest absolute Gasteiger partial charge is 0.319 e. The lowest BCUT2D eigenvalue weighted by atomic mass is 9.87. The first-order valence-corrected chi connectivity index (χ1v) is 8.47. The molecule has 8 nitrogen and oxygen atoms in total. The van der Waals surface area contributed by atoms with Crippen molar-refractivity contribution >= 4 is 23.7 Å². The van der Waals surface area contributed by atoms with Crippen LogP contribution in [0.25, 0.3) is 0 Å². The number of halogens is 1. The van der Waals surface area contributed by atoms with Gasteiger partial charge in [0, 0.05) is 13.1 Å². The average Bonchev–Trinajstić information content (AvgIpc) is 3.06. The molecule has 0 radical (unpaired) electrons. The summed E-state index contributed by atoms with van der Waals surface area (Å²) in [6.45, 7) is 3.09. The summed E-state index contributed by atoms with van der Waals surface area (Å²) >= 11 is 0. The van der Waals surface area contributed by atoms with Crippen LogP contribution in [0, 0.1) is 12.7 Å². The van der Waals surface area contributed by atoms with Gasteiger partial charge >= 0.3 is 6.03 Å². The van der Waals surface area contributed by atoms with Crippen molar-refractivity contribution in [3.63, 3.8) is 0 Å². The van der Waals surface area contributed by atoms with Crippen LogP contribution in [0.3, 0.4) is 0 Å². The van der Waals surface area contributed by atoms with Gasteiger partial charge in [0.05, 0.1) is 5.69 Å². The fourth-order valence-electron chi connectivity index (χ4n) is 3.20. The molecule has 3 rings (SSSR count). The minimum absolute atomic E-state index is 0.266. The number of carbonyl (C=O) groups is 3. The Bertz CT molecular complexity index is 908. The molecule has 0 bridgehead atoms. The maximum Gasteiger partial charge on any atom is 0.325 e. The minimum atomic E-state index is -1.31. The number of rotatable bonds is 5. The van der Waals surface area contributed by atoms with Crippen LogP contribution in [0.4, 0.5) is 15.0 Å². The van der Waals surface area contributed by atoms with Gasteiger partial charge in [0.15, 0.2) is 0 Å². The summed E-state index contributed by atoms with van der Waals surface area (Å²) in [6.07, 6.45) is 0.266. The molecule has 4 amide bonds. The van der Waals surface area contributed by atoms with E-state index in [0.717, 1.165) is 10.6 Å². The van der Waals surface area contributed by atoms with E-state index < -0.39 is 35.7 Å². The lowest BCUT2D eigenvalue weighted by Gasteiger charge is -2.25. The fourth-order valence-corrected chi connectivity index (χ4v) is 3.20. The summed E-state index contributed by atoms with van der Waals surface area (Å²) in [7, 11) is 1.67. The van der Waals surface area contributed by atoms with Crippen LogP contribution in [0.2, 0.25) is 0 Å². The zero-order chi connectivity index (χ0) is 19.8. The van der Waals surface area contributed by atoms with Crippen LogP contribution in [0.5, 0.6) is 0 Å². The Balaban J connectivity index is 1.79. The Labute approximate surface area is 155 Å². The van der Waals surface area contributed by atoms with Gasteiger partial charge in [-0.25, -0.2) is 9.18 Å². The Morgan fingerprint density at radius 3 is 2.52 bits per heavy atom. The number of hydrogen-bond acceptors (Lipinski definition) is 4. The number of hydrogen-bond donors (Lipinski definition) is 2. The Hall–Kier alpha value is -3.23. The predicted octanol–water partition coefficient (Wildman–Crippen LogP) is 1.66. The first-order chi connectivity index (χ1) is 12.8. The molecule has 9 heteroatoms. The number of aromatic nitrogens is 2. The number of aryl methyl sites for hydroxylation is 2. The number of benzene rings is 1. The molecule has 0 spiro atoms. The van der Waals surface area contributed by atoms with Crippen molar-refractivity contribution in [2.24, 2.45) is 7.05 Å². The Morgan fingerprint density at radius 1 is 1.30 bits per heavy atom. The number of nitrogens with one attached hydrogen (secondary N) is 2. The van der Waals surface area contributed by atoms with Gasteiger partial charge in [0.25, 0.3) is 5.91 Å². The first-order valence-electron chi connectivity index (χ1n) is 8.47.